The number of quaternary nitrogens is 1. The standard InChI is InChI=1S/C21H38N.C7H8O3S/c1-4-5-6-7-8-9-10-11-12-16-19-22(2,3)20-21-17-14-13-15-18-21;1-6-2-4-7(5-3-6)11(8,9)10/h13-15,17-18H,4-12,16,19-20H2,1-3H3;2-5H,1H3,(H,8,9,10)/q+1;/p-1. The van der Waals surface area contributed by atoms with Crippen molar-refractivity contribution >= 4 is 10.1 Å². The van der Waals surface area contributed by atoms with Gasteiger partial charge in [0, 0.05) is 5.56 Å². The van der Waals surface area contributed by atoms with Crippen molar-refractivity contribution in [2.24, 2.45) is 0 Å². The summed E-state index contributed by atoms with van der Waals surface area (Å²) < 4.78 is 32.3. The van der Waals surface area contributed by atoms with Crippen molar-refractivity contribution < 1.29 is 17.5 Å². The zero-order valence-corrected chi connectivity index (χ0v) is 22.1. The zero-order valence-electron chi connectivity index (χ0n) is 21.3. The number of hydrogen-bond donors (Lipinski definition) is 0. The fourth-order valence-corrected chi connectivity index (χ4v) is 4.36. The van der Waals surface area contributed by atoms with Gasteiger partial charge in [0.1, 0.15) is 16.7 Å². The van der Waals surface area contributed by atoms with Gasteiger partial charge in [0.15, 0.2) is 0 Å². The van der Waals surface area contributed by atoms with Gasteiger partial charge in [-0.05, 0) is 31.9 Å². The molecule has 0 heterocycles. The summed E-state index contributed by atoms with van der Waals surface area (Å²) in [6.45, 7) is 6.56. The third kappa shape index (κ3) is 14.9. The van der Waals surface area contributed by atoms with Crippen LogP contribution in [-0.4, -0.2) is 38.1 Å². The van der Waals surface area contributed by atoms with Gasteiger partial charge in [0.2, 0.25) is 0 Å². The average Bonchev–Trinajstić information content (AvgIpc) is 2.75. The van der Waals surface area contributed by atoms with E-state index in [1.807, 2.05) is 6.92 Å². The second kappa shape index (κ2) is 16.0. The van der Waals surface area contributed by atoms with E-state index in [0.717, 1.165) is 16.6 Å². The maximum atomic E-state index is 10.4. The lowest BCUT2D eigenvalue weighted by Crippen LogP contribution is -2.39. The smallest absolute Gasteiger partial charge is 0.124 e. The van der Waals surface area contributed by atoms with E-state index in [-0.39, 0.29) is 4.90 Å². The summed E-state index contributed by atoms with van der Waals surface area (Å²) >= 11 is 0. The first-order valence-electron chi connectivity index (χ1n) is 12.5. The van der Waals surface area contributed by atoms with E-state index in [4.69, 9.17) is 0 Å². The van der Waals surface area contributed by atoms with Gasteiger partial charge in [-0.2, -0.15) is 0 Å². The van der Waals surface area contributed by atoms with Crippen LogP contribution in [0.1, 0.15) is 82.3 Å². The fourth-order valence-electron chi connectivity index (χ4n) is 3.89. The number of unbranched alkanes of at least 4 members (excludes halogenated alkanes) is 9. The van der Waals surface area contributed by atoms with Gasteiger partial charge >= 0.3 is 0 Å². The second-order valence-corrected chi connectivity index (χ2v) is 11.1. The number of hydrogen-bond acceptors (Lipinski definition) is 3. The predicted octanol–water partition coefficient (Wildman–Crippen LogP) is 7.08. The van der Waals surface area contributed by atoms with Gasteiger partial charge in [-0.15, -0.1) is 0 Å². The van der Waals surface area contributed by atoms with Crippen molar-refractivity contribution in [3.8, 4) is 0 Å². The molecule has 4 nitrogen and oxygen atoms in total. The molecule has 0 atom stereocenters. The van der Waals surface area contributed by atoms with E-state index in [2.05, 4.69) is 51.4 Å². The fraction of sp³-hybridized carbons (Fsp3) is 0.571. The van der Waals surface area contributed by atoms with Gasteiger partial charge in [-0.1, -0.05) is 106 Å². The number of rotatable bonds is 14. The van der Waals surface area contributed by atoms with Crippen LogP contribution in [0, 0.1) is 6.92 Å². The van der Waals surface area contributed by atoms with E-state index >= 15 is 0 Å². The van der Waals surface area contributed by atoms with Gasteiger partial charge in [-0.25, -0.2) is 8.42 Å². The molecule has 0 aliphatic rings. The first-order chi connectivity index (χ1) is 15.6. The van der Waals surface area contributed by atoms with Crippen molar-refractivity contribution in [2.45, 2.75) is 89.5 Å². The molecule has 0 unspecified atom stereocenters. The largest absolute Gasteiger partial charge is 0.744 e. The lowest BCUT2D eigenvalue weighted by atomic mass is 10.1. The minimum Gasteiger partial charge on any atom is -0.744 e. The van der Waals surface area contributed by atoms with E-state index in [9.17, 15) is 13.0 Å². The molecule has 0 fully saturated rings. The van der Waals surface area contributed by atoms with Crippen LogP contribution < -0.4 is 0 Å². The molecular formula is C28H45NO3S. The summed E-state index contributed by atoms with van der Waals surface area (Å²) in [5.41, 5.74) is 2.39. The summed E-state index contributed by atoms with van der Waals surface area (Å²) in [6.07, 6.45) is 14.2. The molecule has 0 aliphatic carbocycles. The molecule has 33 heavy (non-hydrogen) atoms. The van der Waals surface area contributed by atoms with Crippen LogP contribution in [-0.2, 0) is 16.7 Å². The van der Waals surface area contributed by atoms with Crippen LogP contribution >= 0.6 is 0 Å². The van der Waals surface area contributed by atoms with Crippen LogP contribution in [0.15, 0.2) is 59.5 Å². The normalized spacial score (nSPS) is 11.7. The molecule has 0 aliphatic heterocycles. The van der Waals surface area contributed by atoms with Crippen molar-refractivity contribution in [3.63, 3.8) is 0 Å². The molecular weight excluding hydrogens is 430 g/mol. The lowest BCUT2D eigenvalue weighted by molar-refractivity contribution is -0.903. The first-order valence-corrected chi connectivity index (χ1v) is 13.9. The Hall–Kier alpha value is -1.69. The van der Waals surface area contributed by atoms with Crippen molar-refractivity contribution in [2.75, 3.05) is 20.6 Å². The maximum absolute atomic E-state index is 10.4. The second-order valence-electron chi connectivity index (χ2n) is 9.75. The first kappa shape index (κ1) is 29.3. The van der Waals surface area contributed by atoms with E-state index in [1.54, 1.807) is 12.1 Å². The molecule has 2 rings (SSSR count). The summed E-state index contributed by atoms with van der Waals surface area (Å²) in [6, 6.07) is 16.7. The predicted molar refractivity (Wildman–Crippen MR) is 138 cm³/mol. The van der Waals surface area contributed by atoms with Gasteiger partial charge in [0.05, 0.1) is 25.5 Å². The Bertz CT molecular complexity index is 846. The molecule has 2 aromatic carbocycles. The van der Waals surface area contributed by atoms with Crippen LogP contribution in [0.25, 0.3) is 0 Å². The highest BCUT2D eigenvalue weighted by Gasteiger charge is 2.14. The molecule has 0 bridgehead atoms. The summed E-state index contributed by atoms with van der Waals surface area (Å²) in [7, 11) is 0.454. The number of aryl methyl sites for hydroxylation is 1. The minimum atomic E-state index is -4.27. The minimum absolute atomic E-state index is 0.178. The Kier molecular flexibility index (Phi) is 14.2. The third-order valence-corrected chi connectivity index (χ3v) is 6.73. The Morgan fingerprint density at radius 3 is 1.70 bits per heavy atom. The van der Waals surface area contributed by atoms with Crippen LogP contribution in [0.3, 0.4) is 0 Å². The maximum Gasteiger partial charge on any atom is 0.124 e. The zero-order chi connectivity index (χ0) is 24.6. The van der Waals surface area contributed by atoms with Crippen molar-refractivity contribution in [3.05, 3.63) is 65.7 Å². The van der Waals surface area contributed by atoms with E-state index in [1.165, 1.54) is 88.4 Å². The van der Waals surface area contributed by atoms with Gasteiger partial charge in [-0.3, -0.25) is 0 Å². The SMILES string of the molecule is CCCCCCCCCCCC[N+](C)(C)Cc1ccccc1.Cc1ccc(S(=O)(=O)[O-])cc1. The van der Waals surface area contributed by atoms with Gasteiger partial charge < -0.3 is 9.04 Å². The van der Waals surface area contributed by atoms with E-state index in [0.29, 0.717) is 0 Å². The molecule has 0 spiro atoms. The lowest BCUT2D eigenvalue weighted by Gasteiger charge is -2.30. The molecule has 0 saturated heterocycles. The molecule has 0 aromatic heterocycles. The monoisotopic (exact) mass is 475 g/mol. The molecule has 0 N–H and O–H groups in total. The highest BCUT2D eigenvalue weighted by atomic mass is 32.2. The Balaban J connectivity index is 0.000000412. The average molecular weight is 476 g/mol. The summed E-state index contributed by atoms with van der Waals surface area (Å²) in [4.78, 5) is -0.178. The highest BCUT2D eigenvalue weighted by Crippen LogP contribution is 2.14. The topological polar surface area (TPSA) is 57.2 Å². The van der Waals surface area contributed by atoms with Crippen LogP contribution in [0.5, 0.6) is 0 Å². The molecule has 2 aromatic rings. The van der Waals surface area contributed by atoms with Crippen LogP contribution in [0.2, 0.25) is 0 Å². The molecule has 186 valence electrons. The summed E-state index contributed by atoms with van der Waals surface area (Å²) in [5.74, 6) is 0. The third-order valence-electron chi connectivity index (χ3n) is 5.88. The van der Waals surface area contributed by atoms with Crippen molar-refractivity contribution in [1.29, 1.82) is 0 Å². The number of nitrogens with zero attached hydrogens (tertiary/aromatic N) is 1. The molecule has 0 amide bonds. The number of benzene rings is 2. The van der Waals surface area contributed by atoms with E-state index < -0.39 is 10.1 Å². The molecule has 0 saturated carbocycles. The Labute approximate surface area is 203 Å². The van der Waals surface area contributed by atoms with Crippen LogP contribution in [0.4, 0.5) is 0 Å². The quantitative estimate of drug-likeness (QED) is 0.167. The summed E-state index contributed by atoms with van der Waals surface area (Å²) in [5, 5.41) is 0. The highest BCUT2D eigenvalue weighted by molar-refractivity contribution is 7.85. The molecule has 5 heteroatoms. The van der Waals surface area contributed by atoms with Crippen molar-refractivity contribution in [1.82, 2.24) is 0 Å². The Morgan fingerprint density at radius 2 is 1.21 bits per heavy atom. The van der Waals surface area contributed by atoms with Gasteiger partial charge in [0.25, 0.3) is 0 Å². The molecule has 0 radical (unpaired) electrons. The Morgan fingerprint density at radius 1 is 0.727 bits per heavy atom.